The smallest absolute Gasteiger partial charge is 0.320 e. The van der Waals surface area contributed by atoms with Gasteiger partial charge in [-0.15, -0.1) is 0 Å². The molecule has 0 spiro atoms. The van der Waals surface area contributed by atoms with Gasteiger partial charge in [-0.3, -0.25) is 9.69 Å². The van der Waals surface area contributed by atoms with Gasteiger partial charge in [-0.2, -0.15) is 0 Å². The highest BCUT2D eigenvalue weighted by Gasteiger charge is 2.28. The molecule has 98 valence electrons. The van der Waals surface area contributed by atoms with Crippen LogP contribution in [-0.4, -0.2) is 41.7 Å². The van der Waals surface area contributed by atoms with Crippen LogP contribution in [0.4, 0.5) is 0 Å². The number of rotatable bonds is 3. The van der Waals surface area contributed by atoms with E-state index < -0.39 is 12.0 Å². The maximum Gasteiger partial charge on any atom is 0.320 e. The zero-order valence-electron chi connectivity index (χ0n) is 10.2. The summed E-state index contributed by atoms with van der Waals surface area (Å²) >= 11 is 5.84. The standard InChI is InChI=1S/C13H16ClNO3/c1-9(13(16)17)15-6-7-18-12(8-15)10-2-4-11(14)5-3-10/h2-5,9,12H,6-8H2,1H3,(H,16,17)/t9-,12-/m1/s1. The number of morpholine rings is 1. The van der Waals surface area contributed by atoms with Crippen LogP contribution in [0.1, 0.15) is 18.6 Å². The summed E-state index contributed by atoms with van der Waals surface area (Å²) in [6.45, 7) is 3.49. The van der Waals surface area contributed by atoms with Gasteiger partial charge in [0.2, 0.25) is 0 Å². The molecule has 1 aromatic rings. The Hall–Kier alpha value is -1.10. The maximum atomic E-state index is 11.0. The molecule has 1 fully saturated rings. The Bertz CT molecular complexity index is 421. The number of benzene rings is 1. The molecule has 1 aliphatic rings. The number of nitrogens with zero attached hydrogens (tertiary/aromatic N) is 1. The van der Waals surface area contributed by atoms with E-state index in [2.05, 4.69) is 0 Å². The molecule has 1 aromatic carbocycles. The first-order chi connectivity index (χ1) is 8.58. The van der Waals surface area contributed by atoms with Gasteiger partial charge in [0.05, 0.1) is 12.7 Å². The molecule has 2 atom stereocenters. The zero-order chi connectivity index (χ0) is 13.1. The first-order valence-electron chi connectivity index (χ1n) is 5.92. The fraction of sp³-hybridized carbons (Fsp3) is 0.462. The zero-order valence-corrected chi connectivity index (χ0v) is 10.9. The summed E-state index contributed by atoms with van der Waals surface area (Å²) in [5.41, 5.74) is 1.03. The molecule has 1 saturated heterocycles. The van der Waals surface area contributed by atoms with E-state index >= 15 is 0 Å². The van der Waals surface area contributed by atoms with Gasteiger partial charge in [-0.25, -0.2) is 0 Å². The number of carboxylic acids is 1. The lowest BCUT2D eigenvalue weighted by Gasteiger charge is -2.35. The number of hydrogen-bond acceptors (Lipinski definition) is 3. The second-order valence-corrected chi connectivity index (χ2v) is 4.86. The summed E-state index contributed by atoms with van der Waals surface area (Å²) in [7, 11) is 0. The number of carbonyl (C=O) groups is 1. The molecule has 0 aliphatic carbocycles. The van der Waals surface area contributed by atoms with Gasteiger partial charge in [0.1, 0.15) is 6.04 Å². The third-order valence-corrected chi connectivity index (χ3v) is 3.50. The summed E-state index contributed by atoms with van der Waals surface area (Å²) < 4.78 is 5.69. The van der Waals surface area contributed by atoms with Gasteiger partial charge >= 0.3 is 5.97 Å². The molecular formula is C13H16ClNO3. The number of ether oxygens (including phenoxy) is 1. The molecule has 2 rings (SSSR count). The highest BCUT2D eigenvalue weighted by atomic mass is 35.5. The van der Waals surface area contributed by atoms with E-state index in [9.17, 15) is 4.79 Å². The van der Waals surface area contributed by atoms with E-state index in [0.717, 1.165) is 5.56 Å². The van der Waals surface area contributed by atoms with Crippen molar-refractivity contribution >= 4 is 17.6 Å². The fourth-order valence-electron chi connectivity index (χ4n) is 2.06. The van der Waals surface area contributed by atoms with E-state index in [1.165, 1.54) is 0 Å². The van der Waals surface area contributed by atoms with E-state index in [1.807, 2.05) is 29.2 Å². The Morgan fingerprint density at radius 3 is 2.78 bits per heavy atom. The van der Waals surface area contributed by atoms with Crippen molar-refractivity contribution in [1.82, 2.24) is 4.90 Å². The minimum Gasteiger partial charge on any atom is -0.480 e. The van der Waals surface area contributed by atoms with Crippen molar-refractivity contribution in [3.8, 4) is 0 Å². The average Bonchev–Trinajstić information content (AvgIpc) is 2.38. The number of hydrogen-bond donors (Lipinski definition) is 1. The minimum atomic E-state index is -0.799. The van der Waals surface area contributed by atoms with Crippen molar-refractivity contribution in [2.24, 2.45) is 0 Å². The molecular weight excluding hydrogens is 254 g/mol. The van der Waals surface area contributed by atoms with Crippen LogP contribution in [0.3, 0.4) is 0 Å². The summed E-state index contributed by atoms with van der Waals surface area (Å²) in [4.78, 5) is 12.9. The van der Waals surface area contributed by atoms with Gasteiger partial charge in [0.15, 0.2) is 0 Å². The third-order valence-electron chi connectivity index (χ3n) is 3.24. The highest BCUT2D eigenvalue weighted by Crippen LogP contribution is 2.24. The van der Waals surface area contributed by atoms with Crippen LogP contribution in [0.25, 0.3) is 0 Å². The van der Waals surface area contributed by atoms with Gasteiger partial charge in [0.25, 0.3) is 0 Å². The van der Waals surface area contributed by atoms with Crippen molar-refractivity contribution in [2.45, 2.75) is 19.1 Å². The lowest BCUT2D eigenvalue weighted by molar-refractivity contribution is -0.145. The molecule has 0 radical (unpaired) electrons. The predicted octanol–water partition coefficient (Wildman–Crippen LogP) is 2.19. The van der Waals surface area contributed by atoms with Crippen molar-refractivity contribution < 1.29 is 14.6 Å². The molecule has 5 heteroatoms. The monoisotopic (exact) mass is 269 g/mol. The molecule has 1 heterocycles. The Kier molecular flexibility index (Phi) is 4.22. The fourth-order valence-corrected chi connectivity index (χ4v) is 2.18. The lowest BCUT2D eigenvalue weighted by atomic mass is 10.1. The van der Waals surface area contributed by atoms with E-state index in [4.69, 9.17) is 21.4 Å². The number of halogens is 1. The molecule has 0 saturated carbocycles. The molecule has 0 unspecified atom stereocenters. The van der Waals surface area contributed by atoms with Crippen LogP contribution in [0.2, 0.25) is 5.02 Å². The van der Waals surface area contributed by atoms with Crippen LogP contribution >= 0.6 is 11.6 Å². The van der Waals surface area contributed by atoms with E-state index in [1.54, 1.807) is 6.92 Å². The van der Waals surface area contributed by atoms with Crippen molar-refractivity contribution in [3.63, 3.8) is 0 Å². The van der Waals surface area contributed by atoms with Crippen LogP contribution in [0.5, 0.6) is 0 Å². The van der Waals surface area contributed by atoms with E-state index in [-0.39, 0.29) is 6.10 Å². The second kappa shape index (κ2) is 5.69. The molecule has 1 aliphatic heterocycles. The molecule has 1 N–H and O–H groups in total. The minimum absolute atomic E-state index is 0.0854. The molecule has 0 amide bonds. The Labute approximate surface area is 111 Å². The Morgan fingerprint density at radius 1 is 1.50 bits per heavy atom. The van der Waals surface area contributed by atoms with Crippen LogP contribution in [-0.2, 0) is 9.53 Å². The summed E-state index contributed by atoms with van der Waals surface area (Å²) in [6.07, 6.45) is -0.0854. The van der Waals surface area contributed by atoms with Crippen molar-refractivity contribution in [3.05, 3.63) is 34.9 Å². The quantitative estimate of drug-likeness (QED) is 0.914. The predicted molar refractivity (Wildman–Crippen MR) is 68.8 cm³/mol. The largest absolute Gasteiger partial charge is 0.480 e. The van der Waals surface area contributed by atoms with Gasteiger partial charge < -0.3 is 9.84 Å². The van der Waals surface area contributed by atoms with Gasteiger partial charge in [-0.05, 0) is 24.6 Å². The first kappa shape index (κ1) is 13.3. The Balaban J connectivity index is 2.06. The van der Waals surface area contributed by atoms with Crippen molar-refractivity contribution in [2.75, 3.05) is 19.7 Å². The van der Waals surface area contributed by atoms with Crippen molar-refractivity contribution in [1.29, 1.82) is 0 Å². The topological polar surface area (TPSA) is 49.8 Å². The van der Waals surface area contributed by atoms with Crippen LogP contribution in [0.15, 0.2) is 24.3 Å². The molecule has 18 heavy (non-hydrogen) atoms. The lowest BCUT2D eigenvalue weighted by Crippen LogP contribution is -2.46. The Morgan fingerprint density at radius 2 is 2.17 bits per heavy atom. The highest BCUT2D eigenvalue weighted by molar-refractivity contribution is 6.30. The maximum absolute atomic E-state index is 11.0. The number of aliphatic carboxylic acids is 1. The molecule has 0 aromatic heterocycles. The summed E-state index contributed by atoms with van der Waals surface area (Å²) in [5, 5.41) is 9.71. The molecule has 0 bridgehead atoms. The second-order valence-electron chi connectivity index (χ2n) is 4.42. The van der Waals surface area contributed by atoms with Gasteiger partial charge in [-0.1, -0.05) is 23.7 Å². The molecule has 4 nitrogen and oxygen atoms in total. The number of carboxylic acid groups (broad SMARTS) is 1. The average molecular weight is 270 g/mol. The first-order valence-corrected chi connectivity index (χ1v) is 6.29. The summed E-state index contributed by atoms with van der Waals surface area (Å²) in [5.74, 6) is -0.799. The third kappa shape index (κ3) is 3.02. The normalized spacial score (nSPS) is 22.7. The SMILES string of the molecule is C[C@H](C(=O)O)N1CCO[C@@H](c2ccc(Cl)cc2)C1. The van der Waals surface area contributed by atoms with E-state index in [0.29, 0.717) is 24.7 Å². The van der Waals surface area contributed by atoms with Crippen LogP contribution < -0.4 is 0 Å². The summed E-state index contributed by atoms with van der Waals surface area (Å²) in [6, 6.07) is 6.99. The van der Waals surface area contributed by atoms with Gasteiger partial charge in [0, 0.05) is 18.1 Å². The van der Waals surface area contributed by atoms with Crippen LogP contribution in [0, 0.1) is 0 Å².